The summed E-state index contributed by atoms with van der Waals surface area (Å²) in [5.74, 6) is -2.56. The largest absolute Gasteiger partial charge is 0.467 e. The molecule has 0 spiro atoms. The molecule has 0 bridgehead atoms. The van der Waals surface area contributed by atoms with E-state index in [2.05, 4.69) is 19.1 Å². The van der Waals surface area contributed by atoms with Gasteiger partial charge in [-0.1, -0.05) is 0 Å². The van der Waals surface area contributed by atoms with Crippen molar-refractivity contribution in [2.24, 2.45) is 0 Å². The smallest absolute Gasteiger partial charge is 0.408 e. The lowest BCUT2D eigenvalue weighted by atomic mass is 10.2. The van der Waals surface area contributed by atoms with Crippen molar-refractivity contribution in [3.63, 3.8) is 0 Å². The minimum absolute atomic E-state index is 0.769. The molecule has 0 aromatic carbocycles. The molecule has 112 valence electrons. The zero-order valence-corrected chi connectivity index (χ0v) is 12.8. The van der Waals surface area contributed by atoms with Crippen molar-refractivity contribution in [1.29, 1.82) is 0 Å². The fourth-order valence-corrected chi connectivity index (χ4v) is 2.28. The summed E-state index contributed by atoms with van der Waals surface area (Å²) in [7, 11) is -0.596. The lowest BCUT2D eigenvalue weighted by Gasteiger charge is -2.25. The quantitative estimate of drug-likeness (QED) is 0.606. The van der Waals surface area contributed by atoms with E-state index in [1.807, 2.05) is 0 Å². The number of methoxy groups -OCH3 is 1. The molecular formula is C10H20NO7P. The number of esters is 1. The van der Waals surface area contributed by atoms with Gasteiger partial charge < -0.3 is 18.5 Å². The molecule has 1 amide bonds. The molecule has 0 aliphatic carbocycles. The van der Waals surface area contributed by atoms with Crippen LogP contribution in [0.25, 0.3) is 0 Å². The summed E-state index contributed by atoms with van der Waals surface area (Å²) in [6.07, 6.45) is -0.933. The first-order valence-electron chi connectivity index (χ1n) is 5.38. The van der Waals surface area contributed by atoms with Gasteiger partial charge in [0, 0.05) is 14.2 Å². The topological polar surface area (TPSA) is 100 Å². The van der Waals surface area contributed by atoms with E-state index in [1.165, 1.54) is 0 Å². The Hall–Kier alpha value is -1.11. The van der Waals surface area contributed by atoms with E-state index in [9.17, 15) is 14.2 Å². The third kappa shape index (κ3) is 5.59. The maximum atomic E-state index is 12.1. The van der Waals surface area contributed by atoms with Gasteiger partial charge in [-0.2, -0.15) is 0 Å². The summed E-state index contributed by atoms with van der Waals surface area (Å²) in [4.78, 5) is 23.1. The van der Waals surface area contributed by atoms with Gasteiger partial charge in [-0.05, 0) is 20.8 Å². The van der Waals surface area contributed by atoms with Crippen LogP contribution in [0.1, 0.15) is 20.8 Å². The zero-order valence-electron chi connectivity index (χ0n) is 11.9. The van der Waals surface area contributed by atoms with E-state index in [-0.39, 0.29) is 0 Å². The van der Waals surface area contributed by atoms with Gasteiger partial charge in [0.2, 0.25) is 5.78 Å². The standard InChI is InChI=1S/C10H20NO7P/c1-10(2,3)18-9(13)11-7(8(12)15-4)19(14,16-5)17-6/h7H,1-6H3,(H,11,13)/t7-/m1/s1. The van der Waals surface area contributed by atoms with Crippen LogP contribution in [0.3, 0.4) is 0 Å². The highest BCUT2D eigenvalue weighted by atomic mass is 31.2. The number of carbonyl (C=O) groups is 2. The maximum Gasteiger partial charge on any atom is 0.408 e. The van der Waals surface area contributed by atoms with Crippen LogP contribution in [0, 0.1) is 0 Å². The monoisotopic (exact) mass is 297 g/mol. The molecule has 0 aromatic rings. The summed E-state index contributed by atoms with van der Waals surface area (Å²) >= 11 is 0. The predicted octanol–water partition coefficient (Wildman–Crippen LogP) is 1.50. The summed E-state index contributed by atoms with van der Waals surface area (Å²) in [6.45, 7) is 4.93. The van der Waals surface area contributed by atoms with Crippen molar-refractivity contribution in [3.05, 3.63) is 0 Å². The van der Waals surface area contributed by atoms with Crippen LogP contribution in [-0.2, 0) is 27.9 Å². The zero-order chi connectivity index (χ0) is 15.3. The van der Waals surface area contributed by atoms with Gasteiger partial charge in [0.1, 0.15) is 5.60 Å². The highest BCUT2D eigenvalue weighted by Crippen LogP contribution is 2.50. The van der Waals surface area contributed by atoms with E-state index in [1.54, 1.807) is 20.8 Å². The molecule has 0 aliphatic heterocycles. The van der Waals surface area contributed by atoms with Crippen LogP contribution in [-0.4, -0.2) is 44.8 Å². The predicted molar refractivity (Wildman–Crippen MR) is 66.8 cm³/mol. The highest BCUT2D eigenvalue weighted by molar-refractivity contribution is 7.55. The van der Waals surface area contributed by atoms with Crippen molar-refractivity contribution in [2.45, 2.75) is 32.2 Å². The fourth-order valence-electron chi connectivity index (χ4n) is 1.08. The number of ether oxygens (including phenoxy) is 2. The van der Waals surface area contributed by atoms with Crippen molar-refractivity contribution in [1.82, 2.24) is 5.32 Å². The molecule has 0 saturated carbocycles. The van der Waals surface area contributed by atoms with Crippen molar-refractivity contribution in [2.75, 3.05) is 21.3 Å². The molecule has 0 aliphatic rings. The number of hydrogen-bond acceptors (Lipinski definition) is 7. The third-order valence-corrected chi connectivity index (χ3v) is 3.89. The number of carbonyl (C=O) groups excluding carboxylic acids is 2. The van der Waals surface area contributed by atoms with Crippen LogP contribution < -0.4 is 5.32 Å². The molecule has 1 N–H and O–H groups in total. The molecule has 0 radical (unpaired) electrons. The number of amides is 1. The lowest BCUT2D eigenvalue weighted by Crippen LogP contribution is -2.44. The van der Waals surface area contributed by atoms with Gasteiger partial charge in [0.15, 0.2) is 0 Å². The molecular weight excluding hydrogens is 277 g/mol. The second-order valence-electron chi connectivity index (χ2n) is 4.48. The molecule has 0 saturated heterocycles. The number of rotatable bonds is 5. The maximum absolute atomic E-state index is 12.1. The molecule has 19 heavy (non-hydrogen) atoms. The van der Waals surface area contributed by atoms with E-state index >= 15 is 0 Å². The van der Waals surface area contributed by atoms with Crippen molar-refractivity contribution in [3.8, 4) is 0 Å². The lowest BCUT2D eigenvalue weighted by molar-refractivity contribution is -0.141. The summed E-state index contributed by atoms with van der Waals surface area (Å²) in [6, 6.07) is 0. The van der Waals surface area contributed by atoms with Gasteiger partial charge in [0.05, 0.1) is 7.11 Å². The van der Waals surface area contributed by atoms with Gasteiger partial charge in [-0.3, -0.25) is 9.88 Å². The van der Waals surface area contributed by atoms with Crippen LogP contribution >= 0.6 is 7.60 Å². The Kier molecular flexibility index (Phi) is 6.48. The van der Waals surface area contributed by atoms with Gasteiger partial charge >= 0.3 is 19.7 Å². The van der Waals surface area contributed by atoms with Crippen LogP contribution in [0.4, 0.5) is 4.79 Å². The molecule has 0 unspecified atom stereocenters. The van der Waals surface area contributed by atoms with Gasteiger partial charge in [0.25, 0.3) is 0 Å². The highest BCUT2D eigenvalue weighted by Gasteiger charge is 2.43. The molecule has 0 heterocycles. The minimum Gasteiger partial charge on any atom is -0.467 e. The first-order valence-corrected chi connectivity index (χ1v) is 6.99. The number of hydrogen-bond donors (Lipinski definition) is 1. The Morgan fingerprint density at radius 3 is 1.89 bits per heavy atom. The second kappa shape index (κ2) is 6.88. The van der Waals surface area contributed by atoms with Crippen molar-refractivity contribution >= 4 is 19.7 Å². The minimum atomic E-state index is -3.87. The van der Waals surface area contributed by atoms with E-state index < -0.39 is 31.0 Å². The van der Waals surface area contributed by atoms with Crippen molar-refractivity contribution < 1.29 is 32.7 Å². The SMILES string of the molecule is COC(=O)[C@H](NC(=O)OC(C)(C)C)P(=O)(OC)OC. The van der Waals surface area contributed by atoms with E-state index in [0.717, 1.165) is 21.3 Å². The Morgan fingerprint density at radius 1 is 1.11 bits per heavy atom. The van der Waals surface area contributed by atoms with Crippen LogP contribution in [0.2, 0.25) is 0 Å². The number of nitrogens with one attached hydrogen (secondary N) is 1. The van der Waals surface area contributed by atoms with Crippen LogP contribution in [0.15, 0.2) is 0 Å². The Balaban J connectivity index is 5.05. The van der Waals surface area contributed by atoms with Gasteiger partial charge in [-0.25, -0.2) is 9.59 Å². The average molecular weight is 297 g/mol. The molecule has 0 aromatic heterocycles. The Morgan fingerprint density at radius 2 is 1.58 bits per heavy atom. The van der Waals surface area contributed by atoms with Crippen LogP contribution in [0.5, 0.6) is 0 Å². The summed E-state index contributed by atoms with van der Waals surface area (Å²) in [5.41, 5.74) is -0.769. The fraction of sp³-hybridized carbons (Fsp3) is 0.800. The van der Waals surface area contributed by atoms with E-state index in [4.69, 9.17) is 4.74 Å². The summed E-state index contributed by atoms with van der Waals surface area (Å²) in [5, 5.41) is 2.12. The molecule has 0 fully saturated rings. The molecule has 9 heteroatoms. The molecule has 1 atom stereocenters. The second-order valence-corrected chi connectivity index (χ2v) is 6.80. The Bertz CT molecular complexity index is 369. The normalized spacial score (nSPS) is 13.6. The summed E-state index contributed by atoms with van der Waals surface area (Å²) < 4.78 is 30.9. The molecule has 8 nitrogen and oxygen atoms in total. The first kappa shape index (κ1) is 17.9. The number of alkyl carbamates (subject to hydrolysis) is 1. The third-order valence-electron chi connectivity index (χ3n) is 1.90. The first-order chi connectivity index (χ1) is 8.59. The average Bonchev–Trinajstić information content (AvgIpc) is 2.32. The molecule has 0 rings (SSSR count). The Labute approximate surface area is 112 Å². The van der Waals surface area contributed by atoms with Gasteiger partial charge in [-0.15, -0.1) is 0 Å². The van der Waals surface area contributed by atoms with E-state index in [0.29, 0.717) is 0 Å².